The molecule has 0 heterocycles. The van der Waals surface area contributed by atoms with E-state index in [2.05, 4.69) is 0 Å². The van der Waals surface area contributed by atoms with Crippen molar-refractivity contribution >= 4 is 5.97 Å². The predicted molar refractivity (Wildman–Crippen MR) is 63.3 cm³/mol. The Hall–Kier alpha value is -1.64. The lowest BCUT2D eigenvalue weighted by molar-refractivity contribution is -0.142. The Balaban J connectivity index is 2.31. The van der Waals surface area contributed by atoms with Crippen molar-refractivity contribution in [1.82, 2.24) is 0 Å². The van der Waals surface area contributed by atoms with E-state index in [4.69, 9.17) is 0 Å². The van der Waals surface area contributed by atoms with Crippen LogP contribution in [0.3, 0.4) is 0 Å². The van der Waals surface area contributed by atoms with E-state index in [1.54, 1.807) is 12.1 Å². The average molecular weight is 234 g/mol. The van der Waals surface area contributed by atoms with Crippen LogP contribution < -0.4 is 0 Å². The third-order valence-electron chi connectivity index (χ3n) is 3.36. The van der Waals surface area contributed by atoms with Gasteiger partial charge in [0.15, 0.2) is 0 Å². The van der Waals surface area contributed by atoms with Crippen LogP contribution in [0.2, 0.25) is 0 Å². The lowest BCUT2D eigenvalue weighted by atomic mass is 9.76. The SMILES string of the molecule is CC1=CC[C@@H](C(=O)O)[C@H](c2ccc(F)cc2)C1. The summed E-state index contributed by atoms with van der Waals surface area (Å²) in [5, 5.41) is 9.21. The van der Waals surface area contributed by atoms with Crippen molar-refractivity contribution < 1.29 is 14.3 Å². The molecule has 17 heavy (non-hydrogen) atoms. The van der Waals surface area contributed by atoms with Crippen molar-refractivity contribution in [3.8, 4) is 0 Å². The van der Waals surface area contributed by atoms with Crippen LogP contribution in [0.25, 0.3) is 0 Å². The summed E-state index contributed by atoms with van der Waals surface area (Å²) < 4.78 is 12.9. The molecule has 2 atom stereocenters. The summed E-state index contributed by atoms with van der Waals surface area (Å²) in [6.45, 7) is 2.01. The standard InChI is InChI=1S/C14H15FO2/c1-9-2-7-12(14(16)17)13(8-9)10-3-5-11(15)6-4-10/h2-6,12-13H,7-8H2,1H3,(H,16,17)/t12-,13+/m1/s1. The average Bonchev–Trinajstić information content (AvgIpc) is 2.29. The Morgan fingerprint density at radius 2 is 2.00 bits per heavy atom. The number of carboxylic acids is 1. The van der Waals surface area contributed by atoms with E-state index in [9.17, 15) is 14.3 Å². The number of hydrogen-bond donors (Lipinski definition) is 1. The summed E-state index contributed by atoms with van der Waals surface area (Å²) >= 11 is 0. The lowest BCUT2D eigenvalue weighted by Gasteiger charge is -2.28. The van der Waals surface area contributed by atoms with E-state index in [-0.39, 0.29) is 11.7 Å². The van der Waals surface area contributed by atoms with Crippen LogP contribution in [-0.4, -0.2) is 11.1 Å². The van der Waals surface area contributed by atoms with Gasteiger partial charge in [0.05, 0.1) is 5.92 Å². The predicted octanol–water partition coefficient (Wildman–Crippen LogP) is 3.35. The van der Waals surface area contributed by atoms with Gasteiger partial charge in [0.2, 0.25) is 0 Å². The van der Waals surface area contributed by atoms with Crippen molar-refractivity contribution in [3.05, 3.63) is 47.3 Å². The Labute approximate surface area is 99.8 Å². The van der Waals surface area contributed by atoms with Crippen LogP contribution in [0.4, 0.5) is 4.39 Å². The first-order valence-electron chi connectivity index (χ1n) is 5.72. The minimum absolute atomic E-state index is 0.0434. The molecule has 0 radical (unpaired) electrons. The first kappa shape index (κ1) is 11.8. The number of hydrogen-bond acceptors (Lipinski definition) is 1. The Kier molecular flexibility index (Phi) is 3.27. The van der Waals surface area contributed by atoms with Gasteiger partial charge in [-0.3, -0.25) is 4.79 Å². The van der Waals surface area contributed by atoms with Gasteiger partial charge < -0.3 is 5.11 Å². The quantitative estimate of drug-likeness (QED) is 0.797. The fraction of sp³-hybridized carbons (Fsp3) is 0.357. The second-order valence-electron chi connectivity index (χ2n) is 4.59. The summed E-state index contributed by atoms with van der Waals surface area (Å²) in [7, 11) is 0. The third-order valence-corrected chi connectivity index (χ3v) is 3.36. The molecule has 1 aliphatic rings. The molecule has 0 spiro atoms. The van der Waals surface area contributed by atoms with Gasteiger partial charge >= 0.3 is 5.97 Å². The molecule has 2 rings (SSSR count). The first-order chi connectivity index (χ1) is 8.08. The number of allylic oxidation sites excluding steroid dienone is 2. The van der Waals surface area contributed by atoms with E-state index in [1.807, 2.05) is 13.0 Å². The number of aliphatic carboxylic acids is 1. The van der Waals surface area contributed by atoms with E-state index in [1.165, 1.54) is 17.7 Å². The normalized spacial score (nSPS) is 24.2. The maximum absolute atomic E-state index is 12.9. The van der Waals surface area contributed by atoms with E-state index in [0.717, 1.165) is 12.0 Å². The zero-order valence-electron chi connectivity index (χ0n) is 9.69. The number of halogens is 1. The molecule has 1 aromatic rings. The molecule has 90 valence electrons. The highest BCUT2D eigenvalue weighted by Crippen LogP contribution is 2.37. The molecule has 2 nitrogen and oxygen atoms in total. The molecule has 0 amide bonds. The van der Waals surface area contributed by atoms with Crippen LogP contribution in [0.15, 0.2) is 35.9 Å². The smallest absolute Gasteiger partial charge is 0.307 e. The van der Waals surface area contributed by atoms with Gasteiger partial charge in [-0.25, -0.2) is 4.39 Å². The summed E-state index contributed by atoms with van der Waals surface area (Å²) in [6.07, 6.45) is 3.28. The highest BCUT2D eigenvalue weighted by molar-refractivity contribution is 5.72. The number of carboxylic acid groups (broad SMARTS) is 1. The molecule has 1 aliphatic carbocycles. The van der Waals surface area contributed by atoms with Gasteiger partial charge in [0.25, 0.3) is 0 Å². The molecule has 3 heteroatoms. The molecule has 1 N–H and O–H groups in total. The van der Waals surface area contributed by atoms with Gasteiger partial charge in [-0.2, -0.15) is 0 Å². The Morgan fingerprint density at radius 1 is 1.35 bits per heavy atom. The van der Waals surface area contributed by atoms with Crippen LogP contribution >= 0.6 is 0 Å². The molecule has 0 aromatic heterocycles. The van der Waals surface area contributed by atoms with Gasteiger partial charge in [-0.1, -0.05) is 23.8 Å². The monoisotopic (exact) mass is 234 g/mol. The first-order valence-corrected chi connectivity index (χ1v) is 5.72. The number of carbonyl (C=O) groups is 1. The lowest BCUT2D eigenvalue weighted by Crippen LogP contribution is -2.24. The molecule has 0 fully saturated rings. The van der Waals surface area contributed by atoms with Crippen LogP contribution in [0, 0.1) is 11.7 Å². The highest BCUT2D eigenvalue weighted by atomic mass is 19.1. The number of benzene rings is 1. The van der Waals surface area contributed by atoms with Gasteiger partial charge in [-0.15, -0.1) is 0 Å². The Bertz CT molecular complexity index is 448. The van der Waals surface area contributed by atoms with Gasteiger partial charge in [0.1, 0.15) is 5.82 Å². The molecule has 1 aromatic carbocycles. The zero-order valence-corrected chi connectivity index (χ0v) is 9.69. The molecular weight excluding hydrogens is 219 g/mol. The second kappa shape index (κ2) is 4.70. The summed E-state index contributed by atoms with van der Waals surface area (Å²) in [5.41, 5.74) is 2.11. The topological polar surface area (TPSA) is 37.3 Å². The summed E-state index contributed by atoms with van der Waals surface area (Å²) in [4.78, 5) is 11.2. The number of rotatable bonds is 2. The van der Waals surface area contributed by atoms with E-state index < -0.39 is 11.9 Å². The van der Waals surface area contributed by atoms with Crippen molar-refractivity contribution in [2.24, 2.45) is 5.92 Å². The summed E-state index contributed by atoms with van der Waals surface area (Å²) in [5.74, 6) is -1.51. The molecule has 0 bridgehead atoms. The maximum atomic E-state index is 12.9. The van der Waals surface area contributed by atoms with Crippen molar-refractivity contribution in [2.75, 3.05) is 0 Å². The van der Waals surface area contributed by atoms with Crippen molar-refractivity contribution in [2.45, 2.75) is 25.7 Å². The highest BCUT2D eigenvalue weighted by Gasteiger charge is 2.31. The fourth-order valence-electron chi connectivity index (χ4n) is 2.40. The van der Waals surface area contributed by atoms with Crippen LogP contribution in [-0.2, 0) is 4.79 Å². The molecular formula is C14H15FO2. The van der Waals surface area contributed by atoms with Crippen LogP contribution in [0.5, 0.6) is 0 Å². The minimum Gasteiger partial charge on any atom is -0.481 e. The second-order valence-corrected chi connectivity index (χ2v) is 4.59. The van der Waals surface area contributed by atoms with E-state index >= 15 is 0 Å². The van der Waals surface area contributed by atoms with Crippen molar-refractivity contribution in [3.63, 3.8) is 0 Å². The summed E-state index contributed by atoms with van der Waals surface area (Å²) in [6, 6.07) is 6.16. The van der Waals surface area contributed by atoms with E-state index in [0.29, 0.717) is 6.42 Å². The molecule has 0 aliphatic heterocycles. The maximum Gasteiger partial charge on any atom is 0.307 e. The van der Waals surface area contributed by atoms with Crippen molar-refractivity contribution in [1.29, 1.82) is 0 Å². The molecule has 0 saturated carbocycles. The Morgan fingerprint density at radius 3 is 2.59 bits per heavy atom. The third kappa shape index (κ3) is 2.54. The molecule has 0 unspecified atom stereocenters. The van der Waals surface area contributed by atoms with Gasteiger partial charge in [0, 0.05) is 5.92 Å². The largest absolute Gasteiger partial charge is 0.481 e. The fourth-order valence-corrected chi connectivity index (χ4v) is 2.40. The zero-order chi connectivity index (χ0) is 12.4. The van der Waals surface area contributed by atoms with Gasteiger partial charge in [-0.05, 0) is 37.5 Å². The molecule has 0 saturated heterocycles. The minimum atomic E-state index is -0.775. The van der Waals surface area contributed by atoms with Crippen LogP contribution in [0.1, 0.15) is 31.2 Å².